The molecule has 10 heteroatoms. The summed E-state index contributed by atoms with van der Waals surface area (Å²) in [5.74, 6) is -0.707. The number of halogens is 3. The fourth-order valence-electron chi connectivity index (χ4n) is 2.61. The average molecular weight is 421 g/mol. The number of carbonyl (C=O) groups excluding carboxylic acids is 1. The van der Waals surface area contributed by atoms with Crippen molar-refractivity contribution in [2.75, 3.05) is 5.32 Å². The van der Waals surface area contributed by atoms with E-state index in [9.17, 15) is 18.0 Å². The minimum atomic E-state index is -4.62. The number of carbonyl (C=O) groups is 1. The highest BCUT2D eigenvalue weighted by Gasteiger charge is 2.35. The average Bonchev–Trinajstić information content (AvgIpc) is 3.06. The van der Waals surface area contributed by atoms with Crippen molar-refractivity contribution in [3.8, 4) is 0 Å². The highest BCUT2D eigenvalue weighted by molar-refractivity contribution is 7.99. The normalized spacial score (nSPS) is 12.6. The van der Waals surface area contributed by atoms with Gasteiger partial charge in [0.05, 0.1) is 0 Å². The number of nitrogens with one attached hydrogen (secondary N) is 1. The SMILES string of the molecule is Cc1ccc(C(=O)Nc2cccc([C@H](C)Sc3nncn3C)c2)nc1C(F)(F)F. The number of amides is 1. The second-order valence-corrected chi connectivity index (χ2v) is 7.73. The third-order valence-electron chi connectivity index (χ3n) is 4.16. The van der Waals surface area contributed by atoms with Crippen molar-refractivity contribution in [1.82, 2.24) is 19.7 Å². The smallest absolute Gasteiger partial charge is 0.321 e. The number of aryl methyl sites for hydroxylation is 2. The molecule has 0 spiro atoms. The van der Waals surface area contributed by atoms with E-state index in [4.69, 9.17) is 0 Å². The van der Waals surface area contributed by atoms with Crippen LogP contribution in [-0.4, -0.2) is 25.7 Å². The van der Waals surface area contributed by atoms with Crippen molar-refractivity contribution >= 4 is 23.4 Å². The molecule has 3 aromatic rings. The van der Waals surface area contributed by atoms with Gasteiger partial charge in [-0.3, -0.25) is 4.79 Å². The van der Waals surface area contributed by atoms with Crippen LogP contribution in [0, 0.1) is 6.92 Å². The van der Waals surface area contributed by atoms with Gasteiger partial charge in [-0.1, -0.05) is 30.0 Å². The number of aromatic nitrogens is 4. The predicted molar refractivity (Wildman–Crippen MR) is 104 cm³/mol. The van der Waals surface area contributed by atoms with E-state index in [0.29, 0.717) is 5.69 Å². The molecule has 0 radical (unpaired) electrons. The van der Waals surface area contributed by atoms with Crippen molar-refractivity contribution in [3.05, 3.63) is 65.2 Å². The number of hydrogen-bond donors (Lipinski definition) is 1. The zero-order valence-corrected chi connectivity index (χ0v) is 16.7. The van der Waals surface area contributed by atoms with Crippen molar-refractivity contribution in [2.24, 2.45) is 7.05 Å². The molecule has 1 aromatic carbocycles. The molecule has 29 heavy (non-hydrogen) atoms. The Hall–Kier alpha value is -2.88. The Kier molecular flexibility index (Phi) is 5.92. The molecule has 0 saturated heterocycles. The summed E-state index contributed by atoms with van der Waals surface area (Å²) in [4.78, 5) is 15.9. The van der Waals surface area contributed by atoms with Crippen LogP contribution in [0.25, 0.3) is 0 Å². The summed E-state index contributed by atoms with van der Waals surface area (Å²) >= 11 is 1.50. The van der Waals surface area contributed by atoms with E-state index in [-0.39, 0.29) is 16.5 Å². The number of pyridine rings is 1. The molecule has 0 aliphatic carbocycles. The minimum Gasteiger partial charge on any atom is -0.321 e. The first-order chi connectivity index (χ1) is 13.6. The molecule has 0 aliphatic heterocycles. The van der Waals surface area contributed by atoms with Crippen LogP contribution in [0.4, 0.5) is 18.9 Å². The Morgan fingerprint density at radius 3 is 2.66 bits per heavy atom. The first-order valence-corrected chi connectivity index (χ1v) is 9.50. The van der Waals surface area contributed by atoms with E-state index < -0.39 is 17.8 Å². The van der Waals surface area contributed by atoms with Gasteiger partial charge in [-0.25, -0.2) is 4.98 Å². The number of anilines is 1. The van der Waals surface area contributed by atoms with E-state index in [1.807, 2.05) is 20.0 Å². The molecule has 0 saturated carbocycles. The molecule has 2 aromatic heterocycles. The molecule has 6 nitrogen and oxygen atoms in total. The van der Waals surface area contributed by atoms with E-state index in [1.54, 1.807) is 29.1 Å². The third kappa shape index (κ3) is 4.94. The van der Waals surface area contributed by atoms with Gasteiger partial charge in [-0.15, -0.1) is 10.2 Å². The van der Waals surface area contributed by atoms with Crippen molar-refractivity contribution in [1.29, 1.82) is 0 Å². The molecule has 1 N–H and O–H groups in total. The van der Waals surface area contributed by atoms with Gasteiger partial charge < -0.3 is 9.88 Å². The summed E-state index contributed by atoms with van der Waals surface area (Å²) in [6.07, 6.45) is -3.01. The topological polar surface area (TPSA) is 72.7 Å². The van der Waals surface area contributed by atoms with Crippen LogP contribution >= 0.6 is 11.8 Å². The van der Waals surface area contributed by atoms with Crippen molar-refractivity contribution in [2.45, 2.75) is 30.4 Å². The Morgan fingerprint density at radius 2 is 2.00 bits per heavy atom. The Labute approximate surface area is 169 Å². The molecule has 0 unspecified atom stereocenters. The third-order valence-corrected chi connectivity index (χ3v) is 5.37. The standard InChI is InChI=1S/C19H18F3N5OS/c1-11-7-8-15(25-16(11)19(20,21)22)17(28)24-14-6-4-5-13(9-14)12(2)29-18-26-23-10-27(18)3/h4-10,12H,1-3H3,(H,24,28)/t12-/m0/s1. The lowest BCUT2D eigenvalue weighted by atomic mass is 10.1. The maximum Gasteiger partial charge on any atom is 0.433 e. The molecule has 0 bridgehead atoms. The quantitative estimate of drug-likeness (QED) is 0.608. The summed E-state index contributed by atoms with van der Waals surface area (Å²) in [7, 11) is 1.84. The van der Waals surface area contributed by atoms with Gasteiger partial charge in [0.25, 0.3) is 5.91 Å². The first kappa shape index (κ1) is 20.8. The highest BCUT2D eigenvalue weighted by Crippen LogP contribution is 2.34. The number of benzene rings is 1. The largest absolute Gasteiger partial charge is 0.433 e. The highest BCUT2D eigenvalue weighted by atomic mass is 32.2. The van der Waals surface area contributed by atoms with Crippen LogP contribution in [0.1, 0.15) is 39.5 Å². The Bertz CT molecular complexity index is 1030. The monoisotopic (exact) mass is 421 g/mol. The summed E-state index contributed by atoms with van der Waals surface area (Å²) in [6, 6.07) is 9.61. The van der Waals surface area contributed by atoms with Gasteiger partial charge in [-0.2, -0.15) is 13.2 Å². The van der Waals surface area contributed by atoms with Crippen molar-refractivity contribution in [3.63, 3.8) is 0 Å². The number of hydrogen-bond acceptors (Lipinski definition) is 5. The number of rotatable bonds is 5. The molecular weight excluding hydrogens is 403 g/mol. The fourth-order valence-corrected chi connectivity index (χ4v) is 3.52. The Morgan fingerprint density at radius 1 is 1.24 bits per heavy atom. The van der Waals surface area contributed by atoms with Gasteiger partial charge >= 0.3 is 6.18 Å². The molecule has 2 heterocycles. The molecule has 152 valence electrons. The molecule has 0 aliphatic rings. The molecule has 1 amide bonds. The molecular formula is C19H18F3N5OS. The van der Waals surface area contributed by atoms with Gasteiger partial charge in [0.2, 0.25) is 0 Å². The second-order valence-electron chi connectivity index (χ2n) is 6.42. The lowest BCUT2D eigenvalue weighted by Crippen LogP contribution is -2.18. The van der Waals surface area contributed by atoms with E-state index >= 15 is 0 Å². The van der Waals surface area contributed by atoms with Crippen LogP contribution in [0.5, 0.6) is 0 Å². The van der Waals surface area contributed by atoms with Crippen LogP contribution < -0.4 is 5.32 Å². The number of alkyl halides is 3. The maximum atomic E-state index is 13.0. The summed E-state index contributed by atoms with van der Waals surface area (Å²) < 4.78 is 40.9. The van der Waals surface area contributed by atoms with Crippen LogP contribution in [0.15, 0.2) is 47.9 Å². The van der Waals surface area contributed by atoms with E-state index in [2.05, 4.69) is 20.5 Å². The van der Waals surface area contributed by atoms with Crippen LogP contribution in [0.3, 0.4) is 0 Å². The van der Waals surface area contributed by atoms with E-state index in [1.165, 1.54) is 30.8 Å². The molecule has 3 rings (SSSR count). The van der Waals surface area contributed by atoms with Crippen molar-refractivity contribution < 1.29 is 18.0 Å². The van der Waals surface area contributed by atoms with Gasteiger partial charge in [0.15, 0.2) is 5.16 Å². The molecule has 0 fully saturated rings. The van der Waals surface area contributed by atoms with Gasteiger partial charge in [0.1, 0.15) is 17.7 Å². The van der Waals surface area contributed by atoms with Gasteiger partial charge in [-0.05, 0) is 43.2 Å². The Balaban J connectivity index is 1.76. The van der Waals surface area contributed by atoms with E-state index in [0.717, 1.165) is 10.7 Å². The predicted octanol–water partition coefficient (Wildman–Crippen LogP) is 4.64. The fraction of sp³-hybridized carbons (Fsp3) is 0.263. The van der Waals surface area contributed by atoms with Crippen LogP contribution in [-0.2, 0) is 13.2 Å². The lowest BCUT2D eigenvalue weighted by Gasteiger charge is -2.13. The van der Waals surface area contributed by atoms with Crippen LogP contribution in [0.2, 0.25) is 0 Å². The number of nitrogens with zero attached hydrogens (tertiary/aromatic N) is 4. The first-order valence-electron chi connectivity index (χ1n) is 8.62. The summed E-state index contributed by atoms with van der Waals surface area (Å²) in [5.41, 5.74) is -0.00870. The second kappa shape index (κ2) is 8.24. The molecule has 1 atom stereocenters. The van der Waals surface area contributed by atoms with Gasteiger partial charge in [0, 0.05) is 18.0 Å². The minimum absolute atomic E-state index is 0.0177. The lowest BCUT2D eigenvalue weighted by molar-refractivity contribution is -0.141. The number of thioether (sulfide) groups is 1. The summed E-state index contributed by atoms with van der Waals surface area (Å²) in [5, 5.41) is 11.2. The maximum absolute atomic E-state index is 13.0. The summed E-state index contributed by atoms with van der Waals surface area (Å²) in [6.45, 7) is 3.29. The zero-order chi connectivity index (χ0) is 21.2. The zero-order valence-electron chi connectivity index (χ0n) is 15.9.